The van der Waals surface area contributed by atoms with E-state index >= 15 is 0 Å². The van der Waals surface area contributed by atoms with Gasteiger partial charge in [-0.3, -0.25) is 4.90 Å². The van der Waals surface area contributed by atoms with E-state index in [2.05, 4.69) is 0 Å². The Labute approximate surface area is 98.2 Å². The summed E-state index contributed by atoms with van der Waals surface area (Å²) in [5.74, 6) is -1.09. The molecule has 1 aliphatic heterocycles. The van der Waals surface area contributed by atoms with Gasteiger partial charge in [0.05, 0.1) is 16.9 Å². The summed E-state index contributed by atoms with van der Waals surface area (Å²) in [6.45, 7) is 1.01. The van der Waals surface area contributed by atoms with Gasteiger partial charge in [0.1, 0.15) is 0 Å². The lowest BCUT2D eigenvalue weighted by Crippen LogP contribution is -2.31. The largest absolute Gasteiger partial charge is 0.478 e. The van der Waals surface area contributed by atoms with Crippen LogP contribution in [0.15, 0.2) is 18.2 Å². The normalized spacial score (nSPS) is 15.5. The number of benzene rings is 1. The van der Waals surface area contributed by atoms with Crippen molar-refractivity contribution in [3.05, 3.63) is 23.8 Å². The van der Waals surface area contributed by atoms with Crippen molar-refractivity contribution in [3.8, 4) is 0 Å². The Morgan fingerprint density at radius 2 is 2.12 bits per heavy atom. The van der Waals surface area contributed by atoms with E-state index in [0.29, 0.717) is 18.8 Å². The number of nitrogen functional groups attached to an aromatic ring is 1. The van der Waals surface area contributed by atoms with E-state index in [4.69, 9.17) is 10.8 Å². The van der Waals surface area contributed by atoms with Crippen molar-refractivity contribution >= 4 is 23.4 Å². The number of carboxylic acid groups (broad SMARTS) is 1. The third kappa shape index (κ3) is 1.77. The monoisotopic (exact) mass is 235 g/mol. The van der Waals surface area contributed by atoms with Gasteiger partial charge in [-0.05, 0) is 12.1 Å². The first kappa shape index (κ1) is 11.3. The smallest absolute Gasteiger partial charge is 0.337 e. The average molecular weight is 235 g/mol. The molecule has 1 aromatic carbocycles. The van der Waals surface area contributed by atoms with Crippen molar-refractivity contribution in [2.24, 2.45) is 0 Å². The molecule has 1 fully saturated rings. The summed E-state index contributed by atoms with van der Waals surface area (Å²) < 4.78 is 0. The van der Waals surface area contributed by atoms with Gasteiger partial charge in [-0.25, -0.2) is 9.59 Å². The third-order valence-corrected chi connectivity index (χ3v) is 2.78. The number of nitrogens with two attached hydrogens (primary N) is 1. The van der Waals surface area contributed by atoms with Crippen molar-refractivity contribution in [3.63, 3.8) is 0 Å². The number of nitrogens with zero attached hydrogens (tertiary/aromatic N) is 2. The quantitative estimate of drug-likeness (QED) is 0.743. The number of hydrogen-bond donors (Lipinski definition) is 2. The Hall–Kier alpha value is -2.24. The Morgan fingerprint density at radius 1 is 1.41 bits per heavy atom. The molecule has 0 spiro atoms. The minimum atomic E-state index is -1.09. The lowest BCUT2D eigenvalue weighted by atomic mass is 10.1. The molecule has 90 valence electrons. The summed E-state index contributed by atoms with van der Waals surface area (Å²) in [4.78, 5) is 25.9. The topological polar surface area (TPSA) is 86.9 Å². The van der Waals surface area contributed by atoms with Gasteiger partial charge < -0.3 is 15.7 Å². The highest BCUT2D eigenvalue weighted by Gasteiger charge is 2.30. The molecular formula is C11H13N3O3. The molecule has 0 saturated carbocycles. The summed E-state index contributed by atoms with van der Waals surface area (Å²) >= 11 is 0. The second-order valence-corrected chi connectivity index (χ2v) is 3.90. The maximum Gasteiger partial charge on any atom is 0.337 e. The molecule has 0 bridgehead atoms. The maximum absolute atomic E-state index is 11.8. The number of aromatic carboxylic acids is 1. The van der Waals surface area contributed by atoms with Gasteiger partial charge in [-0.15, -0.1) is 0 Å². The van der Waals surface area contributed by atoms with Crippen LogP contribution < -0.4 is 10.6 Å². The fourth-order valence-corrected chi connectivity index (χ4v) is 1.89. The van der Waals surface area contributed by atoms with E-state index in [9.17, 15) is 9.59 Å². The fourth-order valence-electron chi connectivity index (χ4n) is 1.89. The standard InChI is InChI=1S/C11H13N3O3/c1-13-5-6-14(11(13)17)9-7(10(15)16)3-2-4-8(9)12/h2-4H,5-6,12H2,1H3,(H,15,16). The van der Waals surface area contributed by atoms with Crippen molar-refractivity contribution in [2.45, 2.75) is 0 Å². The number of para-hydroxylation sites is 1. The number of urea groups is 1. The van der Waals surface area contributed by atoms with E-state index in [1.165, 1.54) is 15.9 Å². The highest BCUT2D eigenvalue weighted by atomic mass is 16.4. The fraction of sp³-hybridized carbons (Fsp3) is 0.273. The minimum Gasteiger partial charge on any atom is -0.478 e. The predicted molar refractivity (Wildman–Crippen MR) is 63.2 cm³/mol. The van der Waals surface area contributed by atoms with Gasteiger partial charge in [-0.1, -0.05) is 6.07 Å². The van der Waals surface area contributed by atoms with Gasteiger partial charge >= 0.3 is 12.0 Å². The summed E-state index contributed by atoms with van der Waals surface area (Å²) in [5.41, 5.74) is 6.41. The van der Waals surface area contributed by atoms with Crippen LogP contribution in [-0.4, -0.2) is 42.1 Å². The highest BCUT2D eigenvalue weighted by molar-refractivity contribution is 6.05. The summed E-state index contributed by atoms with van der Waals surface area (Å²) in [5, 5.41) is 9.10. The van der Waals surface area contributed by atoms with E-state index in [-0.39, 0.29) is 17.3 Å². The number of hydrogen-bond acceptors (Lipinski definition) is 3. The molecule has 0 radical (unpaired) electrons. The van der Waals surface area contributed by atoms with Crippen molar-refractivity contribution in [1.82, 2.24) is 4.90 Å². The van der Waals surface area contributed by atoms with Crippen molar-refractivity contribution < 1.29 is 14.7 Å². The zero-order chi connectivity index (χ0) is 12.6. The molecule has 6 heteroatoms. The zero-order valence-corrected chi connectivity index (χ0v) is 9.38. The lowest BCUT2D eigenvalue weighted by molar-refractivity contribution is 0.0698. The molecule has 1 saturated heterocycles. The lowest BCUT2D eigenvalue weighted by Gasteiger charge is -2.20. The van der Waals surface area contributed by atoms with Crippen molar-refractivity contribution in [2.75, 3.05) is 30.8 Å². The molecule has 6 nitrogen and oxygen atoms in total. The van der Waals surface area contributed by atoms with Gasteiger partial charge in [0.15, 0.2) is 0 Å². The molecule has 0 aliphatic carbocycles. The van der Waals surface area contributed by atoms with Crippen LogP contribution in [0.1, 0.15) is 10.4 Å². The summed E-state index contributed by atoms with van der Waals surface area (Å²) in [6.07, 6.45) is 0. The molecule has 1 aliphatic rings. The number of carbonyl (C=O) groups is 2. The van der Waals surface area contributed by atoms with E-state index < -0.39 is 5.97 Å². The highest BCUT2D eigenvalue weighted by Crippen LogP contribution is 2.30. The van der Waals surface area contributed by atoms with Crippen LogP contribution >= 0.6 is 0 Å². The first-order valence-electron chi connectivity index (χ1n) is 5.17. The molecule has 17 heavy (non-hydrogen) atoms. The molecule has 1 heterocycles. The van der Waals surface area contributed by atoms with Gasteiger partial charge in [0.25, 0.3) is 0 Å². The van der Waals surface area contributed by atoms with Gasteiger partial charge in [0.2, 0.25) is 0 Å². The number of anilines is 2. The molecular weight excluding hydrogens is 222 g/mol. The number of rotatable bonds is 2. The summed E-state index contributed by atoms with van der Waals surface area (Å²) in [7, 11) is 1.67. The molecule has 0 aromatic heterocycles. The van der Waals surface area contributed by atoms with Crippen LogP contribution in [0.3, 0.4) is 0 Å². The van der Waals surface area contributed by atoms with Crippen LogP contribution in [-0.2, 0) is 0 Å². The molecule has 0 atom stereocenters. The minimum absolute atomic E-state index is 0.0497. The average Bonchev–Trinajstić information content (AvgIpc) is 2.60. The Bertz CT molecular complexity index is 487. The van der Waals surface area contributed by atoms with Crippen molar-refractivity contribution in [1.29, 1.82) is 0 Å². The molecule has 0 unspecified atom stereocenters. The third-order valence-electron chi connectivity index (χ3n) is 2.78. The number of amides is 2. The van der Waals surface area contributed by atoms with E-state index in [1.54, 1.807) is 19.2 Å². The predicted octanol–water partition coefficient (Wildman–Crippen LogP) is 0.839. The SMILES string of the molecule is CN1CCN(c2c(N)cccc2C(=O)O)C1=O. The Morgan fingerprint density at radius 3 is 2.65 bits per heavy atom. The Balaban J connectivity index is 2.51. The summed E-state index contributed by atoms with van der Waals surface area (Å²) in [6, 6.07) is 4.37. The van der Waals surface area contributed by atoms with Crippen LogP contribution in [0.25, 0.3) is 0 Å². The second-order valence-electron chi connectivity index (χ2n) is 3.90. The van der Waals surface area contributed by atoms with Crippen LogP contribution in [0.5, 0.6) is 0 Å². The molecule has 3 N–H and O–H groups in total. The second kappa shape index (κ2) is 3.97. The number of carboxylic acids is 1. The number of likely N-dealkylation sites (N-methyl/N-ethyl adjacent to an activating group) is 1. The molecule has 2 amide bonds. The Kier molecular flexibility index (Phi) is 2.63. The number of carbonyl (C=O) groups excluding carboxylic acids is 1. The molecule has 1 aromatic rings. The van der Waals surface area contributed by atoms with Gasteiger partial charge in [0, 0.05) is 20.1 Å². The van der Waals surface area contributed by atoms with Gasteiger partial charge in [-0.2, -0.15) is 0 Å². The zero-order valence-electron chi connectivity index (χ0n) is 9.38. The first-order valence-corrected chi connectivity index (χ1v) is 5.17. The molecule has 2 rings (SSSR count). The van der Waals surface area contributed by atoms with Crippen LogP contribution in [0, 0.1) is 0 Å². The first-order chi connectivity index (χ1) is 8.02. The van der Waals surface area contributed by atoms with E-state index in [0.717, 1.165) is 0 Å². The van der Waals surface area contributed by atoms with E-state index in [1.807, 2.05) is 0 Å². The van der Waals surface area contributed by atoms with Crippen LogP contribution in [0.2, 0.25) is 0 Å². The maximum atomic E-state index is 11.8. The van der Waals surface area contributed by atoms with Crippen LogP contribution in [0.4, 0.5) is 16.2 Å².